The molecule has 0 saturated carbocycles. The predicted octanol–water partition coefficient (Wildman–Crippen LogP) is 4.66. The number of aromatic nitrogens is 2. The summed E-state index contributed by atoms with van der Waals surface area (Å²) in [5.74, 6) is -11.0. The smallest absolute Gasteiger partial charge is 0.243 e. The van der Waals surface area contributed by atoms with Crippen molar-refractivity contribution >= 4 is 88.1 Å². The first-order valence-electron chi connectivity index (χ1n) is 42.2. The zero-order valence-electron chi connectivity index (χ0n) is 71.5. The number of ketones is 5. The Kier molecular flexibility index (Phi) is 57.3. The van der Waals surface area contributed by atoms with Crippen LogP contribution in [0.2, 0.25) is 0 Å². The molecule has 15 atom stereocenters. The van der Waals surface area contributed by atoms with Crippen molar-refractivity contribution in [1.29, 1.82) is 0 Å². The molecule has 0 radical (unpaired) electrons. The number of imidazole rings is 1. The largest absolute Gasteiger partial charge is 0.396 e. The number of aliphatic hydroxyl groups is 2. The second-order valence-electron chi connectivity index (χ2n) is 31.8. The van der Waals surface area contributed by atoms with Crippen LogP contribution >= 0.6 is 0 Å². The molecule has 0 aliphatic carbocycles. The molecule has 115 heavy (non-hydrogen) atoms. The molecule has 1 heterocycles. The number of rotatable bonds is 66. The van der Waals surface area contributed by atoms with Crippen molar-refractivity contribution in [3.8, 4) is 0 Å². The lowest BCUT2D eigenvalue weighted by Crippen LogP contribution is -2.53. The molecule has 7 amide bonds. The van der Waals surface area contributed by atoms with Gasteiger partial charge in [0.1, 0.15) is 17.9 Å². The molecule has 33 nitrogen and oxygen atoms in total. The molecule has 0 aromatic carbocycles. The van der Waals surface area contributed by atoms with Gasteiger partial charge in [0.2, 0.25) is 41.4 Å². The second-order valence-corrected chi connectivity index (χ2v) is 31.8. The van der Waals surface area contributed by atoms with Crippen molar-refractivity contribution in [1.82, 2.24) is 41.9 Å². The summed E-state index contributed by atoms with van der Waals surface area (Å²) in [5, 5.41) is 36.3. The van der Waals surface area contributed by atoms with Gasteiger partial charge >= 0.3 is 0 Å². The summed E-state index contributed by atoms with van der Waals surface area (Å²) in [7, 11) is 1.38. The lowest BCUT2D eigenvalue weighted by molar-refractivity contribution is -0.137. The predicted molar refractivity (Wildman–Crippen MR) is 450 cm³/mol. The van der Waals surface area contributed by atoms with Gasteiger partial charge < -0.3 is 93.0 Å². The quantitative estimate of drug-likeness (QED) is 0.0240. The average molecular weight is 1630 g/mol. The first-order chi connectivity index (χ1) is 54.4. The molecule has 25 N–H and O–H groups in total. The number of carbonyl (C=O) groups is 12. The maximum atomic E-state index is 14.1. The Bertz CT molecular complexity index is 3120. The van der Waals surface area contributed by atoms with Crippen molar-refractivity contribution in [3.05, 3.63) is 18.2 Å². The number of nitrogens with one attached hydrogen (secondary N) is 7. The number of guanidine groups is 3. The summed E-state index contributed by atoms with van der Waals surface area (Å²) in [5.41, 5.74) is 45.2. The average Bonchev–Trinajstić information content (AvgIpc) is 1.47. The third kappa shape index (κ3) is 47.4. The number of Topliss-reactive ketones (excluding diaryl/α,β-unsaturated/α-hetero) is 5. The van der Waals surface area contributed by atoms with E-state index in [4.69, 9.17) is 45.9 Å². The topological polar surface area (TPSA) is 591 Å². The van der Waals surface area contributed by atoms with Gasteiger partial charge in [0.25, 0.3) is 0 Å². The van der Waals surface area contributed by atoms with Crippen LogP contribution in [0.25, 0.3) is 0 Å². The third-order valence-corrected chi connectivity index (χ3v) is 21.3. The van der Waals surface area contributed by atoms with Gasteiger partial charge in [-0.2, -0.15) is 0 Å². The van der Waals surface area contributed by atoms with E-state index in [9.17, 15) is 67.7 Å². The number of aliphatic imine (C=N–C) groups is 3. The Morgan fingerprint density at radius 1 is 0.443 bits per heavy atom. The second kappa shape index (κ2) is 61.9. The fourth-order valence-electron chi connectivity index (χ4n) is 13.6. The zero-order chi connectivity index (χ0) is 87.1. The van der Waals surface area contributed by atoms with Crippen molar-refractivity contribution in [2.24, 2.45) is 120 Å². The number of H-pyrrole nitrogens is 1. The SMILES string of the molecule is CCCCCCCCCCCCCCCC(=O)N[C@@H](CCCN=C(N)N)C(=O)N[C@@H](CO)C(=O)C[C@H](C(=O)N[C@@H](CCCN=C(N)N)C(=O)C[C@@H](CO)C(=O)NC)[C@@H](C)CC.CC[C@H](C)[C@H](CC(=O)[C@H](CC(C)N)NC(=O)[C@H](CCCN=C(N)N)CC(=O)[C@@H](C)CC(C)C)C(=O)N[C@H](C(=O)C[C@@H](Cc1cnc[nH]1)C(N)=O)[C@@H](C)CC. The molecule has 0 aliphatic heterocycles. The number of carbonyl (C=O) groups excluding carboxylic acids is 12. The minimum absolute atomic E-state index is 0.00204. The highest BCUT2D eigenvalue weighted by Crippen LogP contribution is 2.27. The lowest BCUT2D eigenvalue weighted by Gasteiger charge is -2.30. The first kappa shape index (κ1) is 107. The van der Waals surface area contributed by atoms with Gasteiger partial charge in [0.05, 0.1) is 49.5 Å². The van der Waals surface area contributed by atoms with Gasteiger partial charge in [-0.3, -0.25) is 72.5 Å². The highest BCUT2D eigenvalue weighted by Gasteiger charge is 2.39. The van der Waals surface area contributed by atoms with Gasteiger partial charge in [-0.05, 0) is 88.4 Å². The molecular weight excluding hydrogens is 1480 g/mol. The molecule has 658 valence electrons. The Labute approximate surface area is 684 Å². The number of primary amides is 1. The molecule has 0 bridgehead atoms. The van der Waals surface area contributed by atoms with Crippen LogP contribution in [-0.4, -0.2) is 184 Å². The fourth-order valence-corrected chi connectivity index (χ4v) is 13.6. The molecular formula is C82H151N19O14. The zero-order valence-corrected chi connectivity index (χ0v) is 71.5. The van der Waals surface area contributed by atoms with Crippen LogP contribution in [-0.2, 0) is 64.0 Å². The maximum absolute atomic E-state index is 14.1. The number of hydrogen-bond acceptors (Lipinski definition) is 19. The Morgan fingerprint density at radius 3 is 1.33 bits per heavy atom. The van der Waals surface area contributed by atoms with E-state index in [-0.39, 0.29) is 149 Å². The van der Waals surface area contributed by atoms with Gasteiger partial charge in [0.15, 0.2) is 41.0 Å². The van der Waals surface area contributed by atoms with E-state index in [0.717, 1.165) is 19.3 Å². The number of amides is 7. The molecule has 0 fully saturated rings. The number of nitrogens with zero attached hydrogens (tertiary/aromatic N) is 4. The van der Waals surface area contributed by atoms with E-state index in [1.54, 1.807) is 20.0 Å². The van der Waals surface area contributed by atoms with Crippen molar-refractivity contribution in [2.75, 3.05) is 39.9 Å². The Morgan fingerprint density at radius 2 is 0.887 bits per heavy atom. The monoisotopic (exact) mass is 1630 g/mol. The minimum atomic E-state index is -1.39. The van der Waals surface area contributed by atoms with E-state index >= 15 is 0 Å². The van der Waals surface area contributed by atoms with Crippen LogP contribution in [0, 0.1) is 59.2 Å². The van der Waals surface area contributed by atoms with E-state index < -0.39 is 126 Å². The summed E-state index contributed by atoms with van der Waals surface area (Å²) in [6, 6.07) is -5.90. The van der Waals surface area contributed by atoms with Crippen molar-refractivity contribution < 1.29 is 67.7 Å². The number of hydrogen-bond donors (Lipinski definition) is 17. The molecule has 1 aromatic heterocycles. The molecule has 0 aliphatic rings. The van der Waals surface area contributed by atoms with Crippen LogP contribution in [0.4, 0.5) is 0 Å². The van der Waals surface area contributed by atoms with Crippen molar-refractivity contribution in [2.45, 2.75) is 311 Å². The third-order valence-electron chi connectivity index (χ3n) is 21.3. The molecule has 0 saturated heterocycles. The van der Waals surface area contributed by atoms with Crippen LogP contribution in [0.3, 0.4) is 0 Å². The highest BCUT2D eigenvalue weighted by atomic mass is 16.3. The van der Waals surface area contributed by atoms with Crippen LogP contribution in [0.15, 0.2) is 27.5 Å². The normalized spacial score (nSPS) is 15.2. The molecule has 1 rings (SSSR count). The Balaban J connectivity index is 0.00000228. The summed E-state index contributed by atoms with van der Waals surface area (Å²) < 4.78 is 0. The van der Waals surface area contributed by atoms with E-state index in [1.807, 2.05) is 55.4 Å². The summed E-state index contributed by atoms with van der Waals surface area (Å²) in [6.07, 6.45) is 21.7. The highest BCUT2D eigenvalue weighted by molar-refractivity contribution is 5.98. The molecule has 33 heteroatoms. The van der Waals surface area contributed by atoms with Crippen molar-refractivity contribution in [3.63, 3.8) is 0 Å². The standard InChI is InChI=1S/C43H82N10O8.C39H69N9O6/c1-5-7-8-9-10-11-12-13-14-15-16-17-18-23-38(58)51-34(22-20-25-50-43(46)47)41(61)53-35(29-55)37(57)27-32(30(3)6-2)40(60)52-33(21-19-24-49-42(44)45)36(56)26-31(28-54)39(59)48-4;1-9-23(5)30(38(54)48-35(24(6)10-2)34(51)18-28(36(41)52)16-29-20-44-21-46-29)19-33(50)31(15-26(8)40)47-37(53)27(12-11-13-45-39(42)43)17-32(49)25(7)14-22(3)4/h30-35,54-55H,5-29H2,1-4H3,(H,48,59)(H,51,58)(H,52,60)(H,53,61)(H4,44,45,49)(H4,46,47,50);20-28,30-31,35H,9-19,40H2,1-8H3,(H2,41,52)(H,44,46)(H,47,53)(H,48,54)(H4,42,43,45)/t30-,31-,32-,33-,34-,35-;23-,24-,25-,26?,27+,28+,30-,31-,35-/m00/s1. The molecule has 1 unspecified atom stereocenters. The number of aromatic amines is 1. The molecule has 0 spiro atoms. The number of aliphatic hydroxyl groups excluding tert-OH is 2. The van der Waals surface area contributed by atoms with Gasteiger partial charge in [-0.15, -0.1) is 0 Å². The lowest BCUT2D eigenvalue weighted by atomic mass is 9.83. The van der Waals surface area contributed by atoms with Gasteiger partial charge in [-0.1, -0.05) is 166 Å². The fraction of sp³-hybridized carbons (Fsp3) is 0.780. The number of nitrogens with two attached hydrogens (primary N) is 8. The maximum Gasteiger partial charge on any atom is 0.243 e. The summed E-state index contributed by atoms with van der Waals surface area (Å²) in [6.45, 7) is 20.3. The van der Waals surface area contributed by atoms with Crippen LogP contribution < -0.4 is 77.8 Å². The van der Waals surface area contributed by atoms with Gasteiger partial charge in [0, 0.05) is 113 Å². The summed E-state index contributed by atoms with van der Waals surface area (Å²) in [4.78, 5) is 180. The Hall–Kier alpha value is -8.46. The van der Waals surface area contributed by atoms with Gasteiger partial charge in [-0.25, -0.2) is 4.98 Å². The molecule has 1 aromatic rings. The first-order valence-corrected chi connectivity index (χ1v) is 42.2. The minimum Gasteiger partial charge on any atom is -0.396 e. The van der Waals surface area contributed by atoms with E-state index in [0.29, 0.717) is 69.4 Å². The number of unbranched alkanes of at least 4 members (excludes halogenated alkanes) is 12. The van der Waals surface area contributed by atoms with E-state index in [1.165, 1.54) is 71.2 Å². The van der Waals surface area contributed by atoms with E-state index in [2.05, 4.69) is 63.8 Å². The van der Waals surface area contributed by atoms with Crippen LogP contribution in [0.1, 0.15) is 274 Å². The van der Waals surface area contributed by atoms with Crippen LogP contribution in [0.5, 0.6) is 0 Å². The summed E-state index contributed by atoms with van der Waals surface area (Å²) >= 11 is 0.